The fourth-order valence-corrected chi connectivity index (χ4v) is 1.29. The summed E-state index contributed by atoms with van der Waals surface area (Å²) in [4.78, 5) is 13.5. The maximum atomic E-state index is 11.6. The molecule has 13 heavy (non-hydrogen) atoms. The van der Waals surface area contributed by atoms with E-state index in [-0.39, 0.29) is 11.9 Å². The van der Waals surface area contributed by atoms with Gasteiger partial charge in [0.2, 0.25) is 5.91 Å². The molecule has 1 aliphatic carbocycles. The molecule has 1 amide bonds. The first-order valence-corrected chi connectivity index (χ1v) is 4.73. The van der Waals surface area contributed by atoms with Gasteiger partial charge in [-0.1, -0.05) is 12.2 Å². The summed E-state index contributed by atoms with van der Waals surface area (Å²) < 4.78 is 0. The minimum absolute atomic E-state index is 0.0411. The van der Waals surface area contributed by atoms with Gasteiger partial charge in [0.25, 0.3) is 0 Å². The van der Waals surface area contributed by atoms with Crippen molar-refractivity contribution in [3.8, 4) is 0 Å². The first kappa shape index (κ1) is 10.3. The van der Waals surface area contributed by atoms with Gasteiger partial charge >= 0.3 is 0 Å². The van der Waals surface area contributed by atoms with Gasteiger partial charge in [0.15, 0.2) is 0 Å². The highest BCUT2D eigenvalue weighted by Crippen LogP contribution is 2.09. The van der Waals surface area contributed by atoms with Crippen LogP contribution < -0.4 is 5.32 Å². The van der Waals surface area contributed by atoms with E-state index in [9.17, 15) is 4.79 Å². The number of likely N-dealkylation sites (N-methyl/N-ethyl adjacent to an activating group) is 1. The third-order valence-corrected chi connectivity index (χ3v) is 2.51. The number of nitrogens with zero attached hydrogens (tertiary/aromatic N) is 1. The topological polar surface area (TPSA) is 32.3 Å². The van der Waals surface area contributed by atoms with Crippen LogP contribution in [0.4, 0.5) is 0 Å². The van der Waals surface area contributed by atoms with Crippen LogP contribution in [0.2, 0.25) is 0 Å². The van der Waals surface area contributed by atoms with Crippen molar-refractivity contribution in [2.75, 3.05) is 14.1 Å². The van der Waals surface area contributed by atoms with Crippen molar-refractivity contribution in [1.29, 1.82) is 0 Å². The average molecular weight is 182 g/mol. The molecular weight excluding hydrogens is 164 g/mol. The van der Waals surface area contributed by atoms with Crippen LogP contribution in [0.25, 0.3) is 0 Å². The molecule has 1 aliphatic rings. The highest BCUT2D eigenvalue weighted by molar-refractivity contribution is 5.81. The number of rotatable bonds is 3. The summed E-state index contributed by atoms with van der Waals surface area (Å²) in [5.74, 6) is 0.124. The van der Waals surface area contributed by atoms with Gasteiger partial charge in [-0.25, -0.2) is 0 Å². The van der Waals surface area contributed by atoms with E-state index in [1.165, 1.54) is 0 Å². The summed E-state index contributed by atoms with van der Waals surface area (Å²) >= 11 is 0. The van der Waals surface area contributed by atoms with Crippen LogP contribution in [0.3, 0.4) is 0 Å². The second kappa shape index (κ2) is 4.42. The van der Waals surface area contributed by atoms with Crippen LogP contribution in [0.5, 0.6) is 0 Å². The molecule has 0 saturated carbocycles. The Morgan fingerprint density at radius 3 is 2.46 bits per heavy atom. The zero-order valence-corrected chi connectivity index (χ0v) is 8.58. The van der Waals surface area contributed by atoms with Gasteiger partial charge in [0.1, 0.15) is 0 Å². The van der Waals surface area contributed by atoms with E-state index in [4.69, 9.17) is 0 Å². The monoisotopic (exact) mass is 182 g/mol. The Balaban J connectivity index is 2.32. The maximum absolute atomic E-state index is 11.6. The van der Waals surface area contributed by atoms with Gasteiger partial charge in [0, 0.05) is 6.04 Å². The van der Waals surface area contributed by atoms with E-state index in [1.807, 2.05) is 25.9 Å². The van der Waals surface area contributed by atoms with Gasteiger partial charge in [-0.2, -0.15) is 0 Å². The molecule has 1 rings (SSSR count). The Bertz CT molecular complexity index is 203. The second-order valence-corrected chi connectivity index (χ2v) is 3.79. The number of amides is 1. The summed E-state index contributed by atoms with van der Waals surface area (Å²) in [6.07, 6.45) is 6.19. The minimum atomic E-state index is -0.0411. The first-order chi connectivity index (χ1) is 6.11. The SMILES string of the molecule is C[C@@H](C(=O)NC1CC=CC1)N(C)C. The van der Waals surface area contributed by atoms with Crippen LogP contribution in [0.1, 0.15) is 19.8 Å². The molecule has 0 aromatic heterocycles. The molecule has 0 aliphatic heterocycles. The number of hydrogen-bond acceptors (Lipinski definition) is 2. The molecule has 74 valence electrons. The van der Waals surface area contributed by atoms with Crippen molar-refractivity contribution >= 4 is 5.91 Å². The molecule has 0 fully saturated rings. The van der Waals surface area contributed by atoms with Gasteiger partial charge < -0.3 is 5.32 Å². The smallest absolute Gasteiger partial charge is 0.237 e. The van der Waals surface area contributed by atoms with Crippen LogP contribution in [-0.2, 0) is 4.79 Å². The van der Waals surface area contributed by atoms with E-state index in [2.05, 4.69) is 17.5 Å². The summed E-state index contributed by atoms with van der Waals surface area (Å²) in [5.41, 5.74) is 0. The van der Waals surface area contributed by atoms with Crippen molar-refractivity contribution < 1.29 is 4.79 Å². The third-order valence-electron chi connectivity index (χ3n) is 2.51. The van der Waals surface area contributed by atoms with E-state index in [1.54, 1.807) is 0 Å². The predicted octanol–water partition coefficient (Wildman–Crippen LogP) is 0.771. The van der Waals surface area contributed by atoms with Gasteiger partial charge in [-0.05, 0) is 33.9 Å². The van der Waals surface area contributed by atoms with Crippen LogP contribution >= 0.6 is 0 Å². The highest BCUT2D eigenvalue weighted by Gasteiger charge is 2.19. The van der Waals surface area contributed by atoms with E-state index < -0.39 is 0 Å². The molecule has 0 heterocycles. The lowest BCUT2D eigenvalue weighted by atomic mass is 10.2. The Hall–Kier alpha value is -0.830. The van der Waals surface area contributed by atoms with Crippen molar-refractivity contribution in [3.05, 3.63) is 12.2 Å². The molecule has 0 radical (unpaired) electrons. The number of carbonyl (C=O) groups is 1. The molecule has 0 aromatic rings. The zero-order valence-electron chi connectivity index (χ0n) is 8.58. The van der Waals surface area contributed by atoms with E-state index >= 15 is 0 Å². The quantitative estimate of drug-likeness (QED) is 0.654. The van der Waals surface area contributed by atoms with Crippen molar-refractivity contribution in [3.63, 3.8) is 0 Å². The maximum Gasteiger partial charge on any atom is 0.237 e. The summed E-state index contributed by atoms with van der Waals surface area (Å²) in [5, 5.41) is 3.02. The van der Waals surface area contributed by atoms with Crippen molar-refractivity contribution in [2.45, 2.75) is 31.8 Å². The van der Waals surface area contributed by atoms with Gasteiger partial charge in [-0.15, -0.1) is 0 Å². The predicted molar refractivity (Wildman–Crippen MR) is 53.5 cm³/mol. The normalized spacial score (nSPS) is 19.4. The van der Waals surface area contributed by atoms with E-state index in [0.29, 0.717) is 6.04 Å². The Morgan fingerprint density at radius 2 is 2.00 bits per heavy atom. The van der Waals surface area contributed by atoms with Crippen molar-refractivity contribution in [2.24, 2.45) is 0 Å². The first-order valence-electron chi connectivity index (χ1n) is 4.73. The lowest BCUT2D eigenvalue weighted by Gasteiger charge is -2.21. The van der Waals surface area contributed by atoms with E-state index in [0.717, 1.165) is 12.8 Å². The molecule has 1 N–H and O–H groups in total. The average Bonchev–Trinajstić information content (AvgIpc) is 2.55. The molecular formula is C10H18N2O. The number of hydrogen-bond donors (Lipinski definition) is 1. The molecule has 1 atom stereocenters. The molecule has 0 aromatic carbocycles. The van der Waals surface area contributed by atoms with Crippen LogP contribution in [-0.4, -0.2) is 37.0 Å². The van der Waals surface area contributed by atoms with Gasteiger partial charge in [0.05, 0.1) is 6.04 Å². The number of nitrogens with one attached hydrogen (secondary N) is 1. The second-order valence-electron chi connectivity index (χ2n) is 3.79. The highest BCUT2D eigenvalue weighted by atomic mass is 16.2. The summed E-state index contributed by atoms with van der Waals surface area (Å²) in [7, 11) is 3.83. The Morgan fingerprint density at radius 1 is 1.46 bits per heavy atom. The standard InChI is InChI=1S/C10H18N2O/c1-8(12(2)3)10(13)11-9-6-4-5-7-9/h4-5,8-9H,6-7H2,1-3H3,(H,11,13)/t8-/m0/s1. The fraction of sp³-hybridized carbons (Fsp3) is 0.700. The number of carbonyl (C=O) groups excluding carboxylic acids is 1. The summed E-state index contributed by atoms with van der Waals surface area (Å²) in [6, 6.07) is 0.287. The largest absolute Gasteiger partial charge is 0.351 e. The molecule has 0 bridgehead atoms. The Labute approximate surface area is 79.8 Å². The van der Waals surface area contributed by atoms with Crippen molar-refractivity contribution in [1.82, 2.24) is 10.2 Å². The lowest BCUT2D eigenvalue weighted by molar-refractivity contribution is -0.125. The molecule has 0 unspecified atom stereocenters. The Kier molecular flexibility index (Phi) is 3.48. The van der Waals surface area contributed by atoms with Crippen LogP contribution in [0, 0.1) is 0 Å². The molecule has 0 spiro atoms. The molecule has 3 heteroatoms. The van der Waals surface area contributed by atoms with Gasteiger partial charge in [-0.3, -0.25) is 9.69 Å². The molecule has 0 saturated heterocycles. The zero-order chi connectivity index (χ0) is 9.84. The van der Waals surface area contributed by atoms with Crippen LogP contribution in [0.15, 0.2) is 12.2 Å². The summed E-state index contributed by atoms with van der Waals surface area (Å²) in [6.45, 7) is 1.91. The fourth-order valence-electron chi connectivity index (χ4n) is 1.29. The minimum Gasteiger partial charge on any atom is -0.351 e. The molecule has 3 nitrogen and oxygen atoms in total. The third kappa shape index (κ3) is 2.84. The lowest BCUT2D eigenvalue weighted by Crippen LogP contribution is -2.45.